The number of hydrogen-bond acceptors (Lipinski definition) is 9. The van der Waals surface area contributed by atoms with Crippen molar-refractivity contribution in [3.05, 3.63) is 53.2 Å². The highest BCUT2D eigenvalue weighted by atomic mass is 16.5. The summed E-state index contributed by atoms with van der Waals surface area (Å²) in [6.45, 7) is 3.81. The Morgan fingerprint density at radius 2 is 1.74 bits per heavy atom. The molecule has 0 saturated heterocycles. The second-order valence-corrected chi connectivity index (χ2v) is 7.64. The number of rotatable bonds is 8. The Balaban J connectivity index is 1.91. The van der Waals surface area contributed by atoms with Gasteiger partial charge in [0.2, 0.25) is 5.95 Å². The lowest BCUT2D eigenvalue weighted by Crippen LogP contribution is -2.30. The summed E-state index contributed by atoms with van der Waals surface area (Å²) in [5.41, 5.74) is 2.41. The van der Waals surface area contributed by atoms with Crippen LogP contribution in [0.25, 0.3) is 11.4 Å². The maximum atomic E-state index is 13.1. The van der Waals surface area contributed by atoms with Crippen molar-refractivity contribution in [2.24, 2.45) is 0 Å². The normalized spacial score (nSPS) is 14.6. The Bertz CT molecular complexity index is 1280. The molecule has 1 aliphatic rings. The zero-order valence-electron chi connectivity index (χ0n) is 20.5. The average molecular weight is 481 g/mol. The van der Waals surface area contributed by atoms with E-state index in [2.05, 4.69) is 5.32 Å². The minimum atomic E-state index is -0.670. The minimum absolute atomic E-state index is 0.235. The Labute approximate surface area is 203 Å². The summed E-state index contributed by atoms with van der Waals surface area (Å²) >= 11 is 0. The maximum absolute atomic E-state index is 13.1. The molecule has 0 radical (unpaired) electrons. The number of hydrogen-bond donors (Lipinski definition) is 1. The predicted molar refractivity (Wildman–Crippen MR) is 129 cm³/mol. The molecule has 0 spiro atoms. The molecular weight excluding hydrogens is 452 g/mol. The first-order valence-electron chi connectivity index (χ1n) is 11.0. The number of aromatic nitrogens is 3. The summed E-state index contributed by atoms with van der Waals surface area (Å²) < 4.78 is 29.0. The van der Waals surface area contributed by atoms with E-state index in [-0.39, 0.29) is 6.61 Å². The van der Waals surface area contributed by atoms with Gasteiger partial charge in [0.05, 0.1) is 40.6 Å². The van der Waals surface area contributed by atoms with Gasteiger partial charge in [-0.3, -0.25) is 0 Å². The second kappa shape index (κ2) is 9.96. The number of benzene rings is 2. The Morgan fingerprint density at radius 1 is 1.00 bits per heavy atom. The number of esters is 1. The number of para-hydroxylation sites is 1. The zero-order valence-corrected chi connectivity index (χ0v) is 20.5. The van der Waals surface area contributed by atoms with E-state index >= 15 is 0 Å². The first-order chi connectivity index (χ1) is 17.0. The zero-order chi connectivity index (χ0) is 25.1. The van der Waals surface area contributed by atoms with Crippen LogP contribution in [0.3, 0.4) is 0 Å². The fourth-order valence-electron chi connectivity index (χ4n) is 4.14. The van der Waals surface area contributed by atoms with E-state index in [0.717, 1.165) is 5.56 Å². The number of methoxy groups -OCH3 is 4. The van der Waals surface area contributed by atoms with Crippen LogP contribution in [0.4, 0.5) is 5.95 Å². The number of carbonyl (C=O) groups excluding carboxylic acids is 1. The minimum Gasteiger partial charge on any atom is -0.493 e. The monoisotopic (exact) mass is 480 g/mol. The number of carbonyl (C=O) groups is 1. The highest BCUT2D eigenvalue weighted by molar-refractivity contribution is 5.92. The van der Waals surface area contributed by atoms with Gasteiger partial charge in [-0.15, -0.1) is 5.10 Å². The van der Waals surface area contributed by atoms with Crippen molar-refractivity contribution < 1.29 is 28.5 Å². The van der Waals surface area contributed by atoms with E-state index in [9.17, 15) is 4.79 Å². The topological polar surface area (TPSA) is 106 Å². The summed E-state index contributed by atoms with van der Waals surface area (Å²) in [5.74, 6) is 2.63. The molecule has 1 atom stereocenters. The van der Waals surface area contributed by atoms with E-state index < -0.39 is 12.0 Å². The van der Waals surface area contributed by atoms with Gasteiger partial charge in [0, 0.05) is 16.8 Å². The number of nitrogens with one attached hydrogen (secondary N) is 1. The average Bonchev–Trinajstić information content (AvgIpc) is 3.30. The van der Waals surface area contributed by atoms with Crippen molar-refractivity contribution in [1.82, 2.24) is 14.8 Å². The lowest BCUT2D eigenvalue weighted by Gasteiger charge is -2.29. The third-order valence-corrected chi connectivity index (χ3v) is 5.72. The molecule has 0 saturated carbocycles. The lowest BCUT2D eigenvalue weighted by molar-refractivity contribution is -0.139. The lowest BCUT2D eigenvalue weighted by atomic mass is 9.94. The van der Waals surface area contributed by atoms with Crippen LogP contribution in [0.15, 0.2) is 47.7 Å². The highest BCUT2D eigenvalue weighted by Gasteiger charge is 2.37. The first-order valence-corrected chi connectivity index (χ1v) is 11.0. The highest BCUT2D eigenvalue weighted by Crippen LogP contribution is 2.43. The summed E-state index contributed by atoms with van der Waals surface area (Å²) in [4.78, 5) is 17.8. The molecule has 10 nitrogen and oxygen atoms in total. The molecule has 1 N–H and O–H groups in total. The number of allylic oxidation sites excluding steroid dienone is 1. The molecular formula is C25H28N4O6. The van der Waals surface area contributed by atoms with Crippen LogP contribution in [0.2, 0.25) is 0 Å². The van der Waals surface area contributed by atoms with E-state index in [4.69, 9.17) is 33.8 Å². The SMILES string of the molecule is CCOC(=O)C1=C(C)Nc2nc(-c3ccc(OC)c(OC)c3)nn2C1c1cccc(OC)c1OC. The molecule has 1 aliphatic heterocycles. The van der Waals surface area contributed by atoms with Gasteiger partial charge in [-0.1, -0.05) is 12.1 Å². The molecule has 3 aromatic rings. The van der Waals surface area contributed by atoms with Crippen LogP contribution in [0.5, 0.6) is 23.0 Å². The van der Waals surface area contributed by atoms with Gasteiger partial charge in [0.1, 0.15) is 6.04 Å². The Hall–Kier alpha value is -4.21. The van der Waals surface area contributed by atoms with E-state index in [1.807, 2.05) is 18.2 Å². The van der Waals surface area contributed by atoms with E-state index in [1.54, 1.807) is 65.2 Å². The predicted octanol–water partition coefficient (Wildman–Crippen LogP) is 3.83. The molecule has 0 fully saturated rings. The van der Waals surface area contributed by atoms with Crippen LogP contribution in [0, 0.1) is 0 Å². The molecule has 0 aliphatic carbocycles. The van der Waals surface area contributed by atoms with Gasteiger partial charge >= 0.3 is 5.97 Å². The molecule has 35 heavy (non-hydrogen) atoms. The van der Waals surface area contributed by atoms with Crippen molar-refractivity contribution in [1.29, 1.82) is 0 Å². The van der Waals surface area contributed by atoms with Gasteiger partial charge in [-0.25, -0.2) is 9.48 Å². The maximum Gasteiger partial charge on any atom is 0.338 e. The van der Waals surface area contributed by atoms with Crippen molar-refractivity contribution in [2.75, 3.05) is 40.4 Å². The molecule has 10 heteroatoms. The summed E-state index contributed by atoms with van der Waals surface area (Å²) in [6, 6.07) is 10.3. The van der Waals surface area contributed by atoms with Crippen LogP contribution in [0.1, 0.15) is 25.5 Å². The number of anilines is 1. The van der Waals surface area contributed by atoms with Crippen LogP contribution < -0.4 is 24.3 Å². The summed E-state index contributed by atoms with van der Waals surface area (Å²) in [7, 11) is 6.26. The molecule has 1 aromatic heterocycles. The van der Waals surface area contributed by atoms with Crippen molar-refractivity contribution in [3.63, 3.8) is 0 Å². The van der Waals surface area contributed by atoms with Gasteiger partial charge in [0.25, 0.3) is 0 Å². The molecule has 0 bridgehead atoms. The van der Waals surface area contributed by atoms with E-state index in [0.29, 0.717) is 51.6 Å². The van der Waals surface area contributed by atoms with Gasteiger partial charge in [-0.05, 0) is 38.1 Å². The third-order valence-electron chi connectivity index (χ3n) is 5.72. The molecule has 184 valence electrons. The second-order valence-electron chi connectivity index (χ2n) is 7.64. The first kappa shape index (κ1) is 23.9. The number of ether oxygens (including phenoxy) is 5. The fraction of sp³-hybridized carbons (Fsp3) is 0.320. The van der Waals surface area contributed by atoms with Crippen LogP contribution >= 0.6 is 0 Å². The smallest absolute Gasteiger partial charge is 0.338 e. The quantitative estimate of drug-likeness (QED) is 0.482. The molecule has 4 rings (SSSR count). The van der Waals surface area contributed by atoms with Crippen molar-refractivity contribution in [2.45, 2.75) is 19.9 Å². The Morgan fingerprint density at radius 3 is 2.40 bits per heavy atom. The van der Waals surface area contributed by atoms with Gasteiger partial charge in [0.15, 0.2) is 28.8 Å². The van der Waals surface area contributed by atoms with Crippen molar-refractivity contribution in [3.8, 4) is 34.4 Å². The van der Waals surface area contributed by atoms with Crippen LogP contribution in [-0.4, -0.2) is 55.8 Å². The third kappa shape index (κ3) is 4.23. The van der Waals surface area contributed by atoms with E-state index in [1.165, 1.54) is 0 Å². The fourth-order valence-corrected chi connectivity index (χ4v) is 4.14. The van der Waals surface area contributed by atoms with Gasteiger partial charge < -0.3 is 29.0 Å². The molecule has 2 aromatic carbocycles. The standard InChI is InChI=1S/C25H28N4O6/c1-7-35-24(30)20-14(2)26-25-27-23(15-11-12-17(31-3)19(13-15)33-5)28-29(25)21(20)16-9-8-10-18(32-4)22(16)34-6/h8-13,21H,7H2,1-6H3,(H,26,27,28). The van der Waals surface area contributed by atoms with Crippen LogP contribution in [-0.2, 0) is 9.53 Å². The number of fused-ring (bicyclic) bond motifs is 1. The van der Waals surface area contributed by atoms with Crippen molar-refractivity contribution >= 4 is 11.9 Å². The number of nitrogens with zero attached hydrogens (tertiary/aromatic N) is 3. The summed E-state index contributed by atoms with van der Waals surface area (Å²) in [5, 5.41) is 7.97. The molecule has 1 unspecified atom stereocenters. The Kier molecular flexibility index (Phi) is 6.81. The largest absolute Gasteiger partial charge is 0.493 e. The van der Waals surface area contributed by atoms with Gasteiger partial charge in [-0.2, -0.15) is 4.98 Å². The molecule has 0 amide bonds. The summed E-state index contributed by atoms with van der Waals surface area (Å²) in [6.07, 6.45) is 0. The molecule has 2 heterocycles.